The summed E-state index contributed by atoms with van der Waals surface area (Å²) in [6, 6.07) is 17.7. The molecule has 0 saturated carbocycles. The van der Waals surface area contributed by atoms with Crippen LogP contribution in [0.4, 0.5) is 4.79 Å². The molecule has 27 heavy (non-hydrogen) atoms. The monoisotopic (exact) mass is 385 g/mol. The van der Waals surface area contributed by atoms with Crippen LogP contribution in [0, 0.1) is 0 Å². The number of benzene rings is 2. The molecule has 0 N–H and O–H groups in total. The molecule has 142 valence electrons. The number of rotatable bonds is 7. The molecule has 0 aliphatic heterocycles. The van der Waals surface area contributed by atoms with Crippen molar-refractivity contribution in [1.82, 2.24) is 14.5 Å². The van der Waals surface area contributed by atoms with E-state index in [1.54, 1.807) is 11.9 Å². The van der Waals surface area contributed by atoms with E-state index in [9.17, 15) is 4.79 Å². The predicted octanol–water partition coefficient (Wildman–Crippen LogP) is 4.99. The minimum Gasteiger partial charge on any atom is -0.445 e. The van der Waals surface area contributed by atoms with E-state index < -0.39 is 0 Å². The number of alkyl halides is 1. The van der Waals surface area contributed by atoms with Gasteiger partial charge in [-0.3, -0.25) is 0 Å². The number of hydrogen-bond donors (Lipinski definition) is 0. The summed E-state index contributed by atoms with van der Waals surface area (Å²) in [5.41, 5.74) is 2.92. The number of halogens is 1. The number of carbonyl (C=O) groups excluding carboxylic acids is 1. The SMILES string of the molecule is CC[C@H](CN(C)C(=O)OCc1ccccc1)n1c(CCl)nc2ccccc21. The van der Waals surface area contributed by atoms with Gasteiger partial charge in [0.1, 0.15) is 12.4 Å². The van der Waals surface area contributed by atoms with E-state index in [0.717, 1.165) is 28.8 Å². The number of amides is 1. The first-order chi connectivity index (χ1) is 13.1. The number of ether oxygens (including phenoxy) is 1. The quantitative estimate of drug-likeness (QED) is 0.538. The van der Waals surface area contributed by atoms with Gasteiger partial charge in [0.05, 0.1) is 23.0 Å². The molecule has 1 aromatic heterocycles. The number of fused-ring (bicyclic) bond motifs is 1. The van der Waals surface area contributed by atoms with Gasteiger partial charge in [-0.15, -0.1) is 11.6 Å². The van der Waals surface area contributed by atoms with Crippen LogP contribution < -0.4 is 0 Å². The Morgan fingerprint density at radius 3 is 2.59 bits per heavy atom. The molecule has 1 amide bonds. The molecule has 5 nitrogen and oxygen atoms in total. The van der Waals surface area contributed by atoms with E-state index >= 15 is 0 Å². The zero-order valence-corrected chi connectivity index (χ0v) is 16.4. The summed E-state index contributed by atoms with van der Waals surface area (Å²) in [6.45, 7) is 2.89. The second kappa shape index (κ2) is 8.91. The summed E-state index contributed by atoms with van der Waals surface area (Å²) >= 11 is 6.13. The number of carbonyl (C=O) groups is 1. The lowest BCUT2D eigenvalue weighted by molar-refractivity contribution is 0.0997. The first kappa shape index (κ1) is 19.2. The summed E-state index contributed by atoms with van der Waals surface area (Å²) in [5, 5.41) is 0. The molecule has 0 aliphatic carbocycles. The van der Waals surface area contributed by atoms with E-state index in [0.29, 0.717) is 12.4 Å². The standard InChI is InChI=1S/C21H24ClN3O2/c1-3-17(25-19-12-8-7-11-18(19)23-20(25)13-22)14-24(2)21(26)27-15-16-9-5-4-6-10-16/h4-12,17H,3,13-15H2,1-2H3/t17-/m1/s1. The Balaban J connectivity index is 1.72. The van der Waals surface area contributed by atoms with Crippen LogP contribution in [0.5, 0.6) is 0 Å². The third-order valence-electron chi connectivity index (χ3n) is 4.63. The van der Waals surface area contributed by atoms with Crippen molar-refractivity contribution in [3.8, 4) is 0 Å². The van der Waals surface area contributed by atoms with Crippen molar-refractivity contribution >= 4 is 28.7 Å². The Morgan fingerprint density at radius 1 is 1.19 bits per heavy atom. The molecule has 1 atom stereocenters. The fourth-order valence-corrected chi connectivity index (χ4v) is 3.40. The Kier molecular flexibility index (Phi) is 6.35. The lowest BCUT2D eigenvalue weighted by Gasteiger charge is -2.25. The number of hydrogen-bond acceptors (Lipinski definition) is 3. The Labute approximate surface area is 164 Å². The van der Waals surface area contributed by atoms with E-state index in [4.69, 9.17) is 16.3 Å². The number of aromatic nitrogens is 2. The first-order valence-electron chi connectivity index (χ1n) is 9.07. The average Bonchev–Trinajstić information content (AvgIpc) is 3.09. The van der Waals surface area contributed by atoms with Gasteiger partial charge in [0.25, 0.3) is 0 Å². The fourth-order valence-electron chi connectivity index (χ4n) is 3.21. The van der Waals surface area contributed by atoms with Gasteiger partial charge in [0.15, 0.2) is 0 Å². The number of para-hydroxylation sites is 2. The van der Waals surface area contributed by atoms with Gasteiger partial charge < -0.3 is 14.2 Å². The Bertz CT molecular complexity index is 895. The van der Waals surface area contributed by atoms with E-state index in [2.05, 4.69) is 16.5 Å². The largest absolute Gasteiger partial charge is 0.445 e. The molecule has 2 aromatic carbocycles. The van der Waals surface area contributed by atoms with Gasteiger partial charge in [0.2, 0.25) is 0 Å². The van der Waals surface area contributed by atoms with Crippen LogP contribution in [0.2, 0.25) is 0 Å². The molecule has 1 heterocycles. The molecule has 3 rings (SSSR count). The van der Waals surface area contributed by atoms with Gasteiger partial charge in [-0.25, -0.2) is 9.78 Å². The molecule has 3 aromatic rings. The highest BCUT2D eigenvalue weighted by Gasteiger charge is 2.21. The molecule has 0 spiro atoms. The highest BCUT2D eigenvalue weighted by atomic mass is 35.5. The van der Waals surface area contributed by atoms with Crippen molar-refractivity contribution in [2.45, 2.75) is 31.9 Å². The van der Waals surface area contributed by atoms with Crippen molar-refractivity contribution in [3.63, 3.8) is 0 Å². The third kappa shape index (κ3) is 4.42. The van der Waals surface area contributed by atoms with Gasteiger partial charge in [-0.05, 0) is 24.1 Å². The second-order valence-electron chi connectivity index (χ2n) is 6.50. The van der Waals surface area contributed by atoms with Crippen molar-refractivity contribution < 1.29 is 9.53 Å². The summed E-state index contributed by atoms with van der Waals surface area (Å²) in [6.07, 6.45) is 0.509. The molecule has 0 aliphatic rings. The van der Waals surface area contributed by atoms with Gasteiger partial charge >= 0.3 is 6.09 Å². The predicted molar refractivity (Wildman–Crippen MR) is 108 cm³/mol. The minimum atomic E-state index is -0.339. The first-order valence-corrected chi connectivity index (χ1v) is 9.61. The fraction of sp³-hybridized carbons (Fsp3) is 0.333. The third-order valence-corrected chi connectivity index (χ3v) is 4.87. The van der Waals surface area contributed by atoms with Crippen molar-refractivity contribution in [3.05, 3.63) is 66.0 Å². The van der Waals surface area contributed by atoms with E-state index in [1.165, 1.54) is 0 Å². The zero-order valence-electron chi connectivity index (χ0n) is 15.6. The molecule has 0 fully saturated rings. The van der Waals surface area contributed by atoms with Crippen LogP contribution in [-0.2, 0) is 17.2 Å². The van der Waals surface area contributed by atoms with Crippen LogP contribution in [0.3, 0.4) is 0 Å². The molecule has 6 heteroatoms. The van der Waals surface area contributed by atoms with Crippen molar-refractivity contribution in [2.75, 3.05) is 13.6 Å². The van der Waals surface area contributed by atoms with E-state index in [1.807, 2.05) is 54.6 Å². The van der Waals surface area contributed by atoms with Crippen LogP contribution >= 0.6 is 11.6 Å². The molecule has 0 bridgehead atoms. The molecule has 0 radical (unpaired) electrons. The maximum Gasteiger partial charge on any atom is 0.409 e. The lowest BCUT2D eigenvalue weighted by Crippen LogP contribution is -2.33. The van der Waals surface area contributed by atoms with Gasteiger partial charge in [-0.2, -0.15) is 0 Å². The van der Waals surface area contributed by atoms with Crippen molar-refractivity contribution in [1.29, 1.82) is 0 Å². The molecular weight excluding hydrogens is 362 g/mol. The number of imidazole rings is 1. The summed E-state index contributed by atoms with van der Waals surface area (Å²) in [5.74, 6) is 1.14. The Hall–Kier alpha value is -2.53. The van der Waals surface area contributed by atoms with Gasteiger partial charge in [-0.1, -0.05) is 49.4 Å². The topological polar surface area (TPSA) is 47.4 Å². The van der Waals surface area contributed by atoms with Crippen molar-refractivity contribution in [2.24, 2.45) is 0 Å². The second-order valence-corrected chi connectivity index (χ2v) is 6.77. The maximum absolute atomic E-state index is 12.4. The highest BCUT2D eigenvalue weighted by molar-refractivity contribution is 6.16. The number of nitrogens with zero attached hydrogens (tertiary/aromatic N) is 3. The molecule has 0 saturated heterocycles. The number of likely N-dealkylation sites (N-methyl/N-ethyl adjacent to an activating group) is 1. The molecule has 0 unspecified atom stereocenters. The zero-order chi connectivity index (χ0) is 19.2. The lowest BCUT2D eigenvalue weighted by atomic mass is 10.2. The van der Waals surface area contributed by atoms with Crippen LogP contribution in [0.15, 0.2) is 54.6 Å². The summed E-state index contributed by atoms with van der Waals surface area (Å²) in [7, 11) is 1.76. The van der Waals surface area contributed by atoms with Crippen LogP contribution in [0.1, 0.15) is 30.8 Å². The minimum absolute atomic E-state index is 0.0698. The van der Waals surface area contributed by atoms with Gasteiger partial charge in [0, 0.05) is 13.6 Å². The normalized spacial score (nSPS) is 12.1. The summed E-state index contributed by atoms with van der Waals surface area (Å²) in [4.78, 5) is 18.6. The van der Waals surface area contributed by atoms with Crippen LogP contribution in [-0.4, -0.2) is 34.1 Å². The molecular formula is C21H24ClN3O2. The summed E-state index contributed by atoms with van der Waals surface area (Å²) < 4.78 is 7.57. The average molecular weight is 386 g/mol. The highest BCUT2D eigenvalue weighted by Crippen LogP contribution is 2.25. The smallest absolute Gasteiger partial charge is 0.409 e. The maximum atomic E-state index is 12.4. The Morgan fingerprint density at radius 2 is 1.89 bits per heavy atom. The van der Waals surface area contributed by atoms with Crippen LogP contribution in [0.25, 0.3) is 11.0 Å². The van der Waals surface area contributed by atoms with E-state index in [-0.39, 0.29) is 18.7 Å².